The molecule has 1 amide bonds. The van der Waals surface area contributed by atoms with Crippen molar-refractivity contribution in [1.82, 2.24) is 14.8 Å². The number of rotatable bonds is 4. The van der Waals surface area contributed by atoms with Crippen LogP contribution in [0.25, 0.3) is 0 Å². The molecule has 2 aliphatic heterocycles. The van der Waals surface area contributed by atoms with Crippen LogP contribution in [-0.2, 0) is 23.9 Å². The highest BCUT2D eigenvalue weighted by atomic mass is 19.4. The molecule has 3 fully saturated rings. The summed E-state index contributed by atoms with van der Waals surface area (Å²) in [5.41, 5.74) is -1.11. The van der Waals surface area contributed by atoms with E-state index in [2.05, 4.69) is 16.0 Å². The van der Waals surface area contributed by atoms with Gasteiger partial charge >= 0.3 is 6.18 Å². The van der Waals surface area contributed by atoms with E-state index in [4.69, 9.17) is 4.74 Å². The first kappa shape index (κ1) is 27.0. The molecule has 1 aromatic heterocycles. The second kappa shape index (κ2) is 10.0. The molecular formula is C30H32F4N4O2. The topological polar surface area (TPSA) is 69.5 Å². The summed E-state index contributed by atoms with van der Waals surface area (Å²) in [4.78, 5) is 22.3. The molecule has 2 aliphatic carbocycles. The number of hydrogen-bond acceptors (Lipinski definition) is 5. The third kappa shape index (κ3) is 4.83. The summed E-state index contributed by atoms with van der Waals surface area (Å²) in [6.45, 7) is 1.97. The first-order valence-corrected chi connectivity index (χ1v) is 14.1. The Labute approximate surface area is 230 Å². The Bertz CT molecular complexity index is 1320. The molecular weight excluding hydrogens is 524 g/mol. The molecule has 0 N–H and O–H groups in total. The Hall–Kier alpha value is -3.19. The molecule has 0 bridgehead atoms. The molecule has 3 heterocycles. The average Bonchev–Trinajstić information content (AvgIpc) is 3.52. The first-order chi connectivity index (χ1) is 19.1. The summed E-state index contributed by atoms with van der Waals surface area (Å²) < 4.78 is 59.2. The molecule has 0 spiro atoms. The number of likely N-dealkylation sites (tertiary alicyclic amines) is 1. The van der Waals surface area contributed by atoms with Crippen molar-refractivity contribution in [2.24, 2.45) is 11.3 Å². The van der Waals surface area contributed by atoms with Gasteiger partial charge in [0.2, 0.25) is 5.91 Å². The number of aromatic nitrogens is 1. The molecule has 0 unspecified atom stereocenters. The van der Waals surface area contributed by atoms with Crippen molar-refractivity contribution in [3.05, 3.63) is 59.2 Å². The monoisotopic (exact) mass is 556 g/mol. The van der Waals surface area contributed by atoms with Gasteiger partial charge in [0.15, 0.2) is 5.60 Å². The van der Waals surface area contributed by atoms with Gasteiger partial charge in [-0.3, -0.25) is 14.7 Å². The van der Waals surface area contributed by atoms with Crippen LogP contribution in [0, 0.1) is 28.5 Å². The summed E-state index contributed by atoms with van der Waals surface area (Å²) in [6, 6.07) is 9.40. The van der Waals surface area contributed by atoms with Gasteiger partial charge in [-0.15, -0.1) is 0 Å². The van der Waals surface area contributed by atoms with Crippen molar-refractivity contribution in [2.75, 3.05) is 19.6 Å². The van der Waals surface area contributed by atoms with Gasteiger partial charge < -0.3 is 9.64 Å². The summed E-state index contributed by atoms with van der Waals surface area (Å²) in [6.07, 6.45) is 2.32. The van der Waals surface area contributed by atoms with E-state index in [1.54, 1.807) is 4.90 Å². The number of nitrogens with zero attached hydrogens (tertiary/aromatic N) is 4. The van der Waals surface area contributed by atoms with E-state index in [0.29, 0.717) is 55.9 Å². The van der Waals surface area contributed by atoms with Crippen molar-refractivity contribution in [1.29, 1.82) is 5.26 Å². The van der Waals surface area contributed by atoms with Crippen molar-refractivity contribution < 1.29 is 27.1 Å². The fourth-order valence-corrected chi connectivity index (χ4v) is 7.52. The van der Waals surface area contributed by atoms with Crippen LogP contribution in [0.1, 0.15) is 61.8 Å². The van der Waals surface area contributed by atoms with Crippen LogP contribution in [0.3, 0.4) is 0 Å². The number of amides is 1. The predicted octanol–water partition coefficient (Wildman–Crippen LogP) is 5.51. The van der Waals surface area contributed by atoms with Crippen molar-refractivity contribution in [3.8, 4) is 11.8 Å². The van der Waals surface area contributed by atoms with Gasteiger partial charge in [0.25, 0.3) is 0 Å². The Balaban J connectivity index is 1.13. The highest BCUT2D eigenvalue weighted by Gasteiger charge is 2.57. The number of carbonyl (C=O) groups excluding carboxylic acids is 1. The molecule has 2 aromatic rings. The minimum absolute atomic E-state index is 0.0728. The third-order valence-corrected chi connectivity index (χ3v) is 9.65. The second-order valence-corrected chi connectivity index (χ2v) is 11.8. The van der Waals surface area contributed by atoms with E-state index in [0.717, 1.165) is 44.4 Å². The first-order valence-electron chi connectivity index (χ1n) is 14.1. The van der Waals surface area contributed by atoms with Crippen molar-refractivity contribution in [3.63, 3.8) is 0 Å². The Kier molecular flexibility index (Phi) is 6.76. The van der Waals surface area contributed by atoms with Crippen LogP contribution < -0.4 is 4.74 Å². The lowest BCUT2D eigenvalue weighted by Crippen LogP contribution is -2.50. The van der Waals surface area contributed by atoms with Crippen LogP contribution in [0.15, 0.2) is 36.5 Å². The van der Waals surface area contributed by atoms with Crippen molar-refractivity contribution in [2.45, 2.75) is 75.7 Å². The lowest BCUT2D eigenvalue weighted by molar-refractivity contribution is -0.144. The normalized spacial score (nSPS) is 28.0. The maximum Gasteiger partial charge on any atom is 0.417 e. The fraction of sp³-hybridized carbons (Fsp3) is 0.567. The smallest absolute Gasteiger partial charge is 0.417 e. The van der Waals surface area contributed by atoms with E-state index >= 15 is 0 Å². The van der Waals surface area contributed by atoms with Crippen LogP contribution in [0.2, 0.25) is 0 Å². The fourth-order valence-electron chi connectivity index (χ4n) is 7.52. The average molecular weight is 557 g/mol. The van der Waals surface area contributed by atoms with Gasteiger partial charge in [0.1, 0.15) is 17.6 Å². The minimum Gasteiger partial charge on any atom is -0.472 e. The number of halogens is 4. The van der Waals surface area contributed by atoms with Crippen LogP contribution in [0.4, 0.5) is 17.6 Å². The Morgan fingerprint density at radius 1 is 1.12 bits per heavy atom. The second-order valence-electron chi connectivity index (χ2n) is 11.8. The zero-order chi connectivity index (χ0) is 28.1. The quantitative estimate of drug-likeness (QED) is 0.465. The molecule has 1 saturated heterocycles. The molecule has 3 atom stereocenters. The molecule has 4 aliphatic rings. The van der Waals surface area contributed by atoms with E-state index in [1.807, 2.05) is 0 Å². The van der Waals surface area contributed by atoms with E-state index in [1.165, 1.54) is 24.3 Å². The number of carbonyl (C=O) groups is 1. The maximum absolute atomic E-state index is 14.1. The van der Waals surface area contributed by atoms with E-state index in [9.17, 15) is 27.6 Å². The lowest BCUT2D eigenvalue weighted by atomic mass is 9.78. The maximum atomic E-state index is 14.1. The Morgan fingerprint density at radius 3 is 2.58 bits per heavy atom. The van der Waals surface area contributed by atoms with Gasteiger partial charge in [-0.1, -0.05) is 6.42 Å². The van der Waals surface area contributed by atoms with E-state index in [-0.39, 0.29) is 30.2 Å². The zero-order valence-electron chi connectivity index (χ0n) is 22.2. The number of benzene rings is 1. The number of alkyl halides is 3. The standard InChI is InChI=1S/C30H32F4N4O2/c31-23-3-5-25(6-4-23)40-28(19-35)9-12-37(13-10-28)24-15-21-2-1-8-29(21,16-24)27(39)38-11-7-26-20(18-38)14-22(17-36-26)30(32,33)34/h3-6,14,17,21,24H,1-2,7-13,15-16,18H2/t21-,24+,29-/m1/s1. The van der Waals surface area contributed by atoms with Crippen molar-refractivity contribution >= 4 is 5.91 Å². The molecule has 1 aromatic carbocycles. The van der Waals surface area contributed by atoms with Gasteiger partial charge in [0.05, 0.1) is 11.0 Å². The molecule has 6 rings (SSSR count). The molecule has 2 saturated carbocycles. The summed E-state index contributed by atoms with van der Waals surface area (Å²) in [7, 11) is 0. The summed E-state index contributed by atoms with van der Waals surface area (Å²) in [5.74, 6) is 0.435. The number of pyridine rings is 1. The summed E-state index contributed by atoms with van der Waals surface area (Å²) in [5, 5.41) is 9.95. The highest BCUT2D eigenvalue weighted by Crippen LogP contribution is 2.57. The van der Waals surface area contributed by atoms with E-state index < -0.39 is 22.8 Å². The van der Waals surface area contributed by atoms with Gasteiger partial charge in [-0.25, -0.2) is 4.39 Å². The molecule has 6 nitrogen and oxygen atoms in total. The van der Waals surface area contributed by atoms with Crippen LogP contribution >= 0.6 is 0 Å². The number of fused-ring (bicyclic) bond motifs is 2. The molecule has 212 valence electrons. The van der Waals surface area contributed by atoms with Gasteiger partial charge in [0, 0.05) is 63.4 Å². The minimum atomic E-state index is -4.47. The number of piperidine rings is 1. The van der Waals surface area contributed by atoms with Crippen LogP contribution in [-0.4, -0.2) is 52.0 Å². The summed E-state index contributed by atoms with van der Waals surface area (Å²) >= 11 is 0. The predicted molar refractivity (Wildman–Crippen MR) is 137 cm³/mol. The zero-order valence-corrected chi connectivity index (χ0v) is 22.2. The largest absolute Gasteiger partial charge is 0.472 e. The Morgan fingerprint density at radius 2 is 1.88 bits per heavy atom. The number of nitriles is 1. The molecule has 40 heavy (non-hydrogen) atoms. The SMILES string of the molecule is N#CC1(Oc2ccc(F)cc2)CCN([C@H]2C[C@H]3CCC[C@@]3(C(=O)N3CCc4ncc(C(F)(F)F)cc4C3)C2)CC1. The number of hydrogen-bond donors (Lipinski definition) is 0. The third-order valence-electron chi connectivity index (χ3n) is 9.65. The molecule has 0 radical (unpaired) electrons. The highest BCUT2D eigenvalue weighted by molar-refractivity contribution is 5.84. The van der Waals surface area contributed by atoms with Crippen LogP contribution in [0.5, 0.6) is 5.75 Å². The molecule has 10 heteroatoms. The van der Waals surface area contributed by atoms with Gasteiger partial charge in [-0.2, -0.15) is 18.4 Å². The van der Waals surface area contributed by atoms with Gasteiger partial charge in [-0.05, 0) is 67.5 Å². The number of ether oxygens (including phenoxy) is 1. The lowest BCUT2D eigenvalue weighted by Gasteiger charge is -2.41.